The number of hydrogen-bond donors (Lipinski definition) is 1. The average Bonchev–Trinajstić information content (AvgIpc) is 3.87. The molecule has 7 aromatic carbocycles. The third-order valence-corrected chi connectivity index (χ3v) is 11.2. The number of allylic oxidation sites excluding steroid dienone is 3. The van der Waals surface area contributed by atoms with Gasteiger partial charge >= 0.3 is 0 Å². The Morgan fingerprint density at radius 3 is 1.71 bits per heavy atom. The molecule has 0 saturated heterocycles. The summed E-state index contributed by atoms with van der Waals surface area (Å²) in [5.74, 6) is 0. The van der Waals surface area contributed by atoms with Crippen LogP contribution in [0.15, 0.2) is 219 Å². The van der Waals surface area contributed by atoms with Gasteiger partial charge in [-0.25, -0.2) is 0 Å². The maximum absolute atomic E-state index is 6.00. The highest BCUT2D eigenvalue weighted by Gasteiger charge is 2.18. The van der Waals surface area contributed by atoms with Crippen LogP contribution in [0.5, 0.6) is 0 Å². The van der Waals surface area contributed by atoms with Gasteiger partial charge in [0.15, 0.2) is 0 Å². The minimum absolute atomic E-state index is 0.982. The first-order valence-electron chi connectivity index (χ1n) is 19.9. The number of para-hydroxylation sites is 2. The van der Waals surface area contributed by atoms with Crippen molar-refractivity contribution in [2.75, 3.05) is 4.90 Å². The Hall–Kier alpha value is -7.89. The van der Waals surface area contributed by atoms with Crippen molar-refractivity contribution in [3.8, 4) is 33.6 Å². The van der Waals surface area contributed by atoms with E-state index < -0.39 is 0 Å². The van der Waals surface area contributed by atoms with Gasteiger partial charge < -0.3 is 19.8 Å². The van der Waals surface area contributed by atoms with Crippen molar-refractivity contribution in [3.05, 3.63) is 224 Å². The Kier molecular flexibility index (Phi) is 9.16. The minimum Gasteiger partial charge on any atom is -0.404 e. The lowest BCUT2D eigenvalue weighted by Crippen LogP contribution is -2.10. The zero-order valence-electron chi connectivity index (χ0n) is 32.7. The molecule has 0 aliphatic heterocycles. The highest BCUT2D eigenvalue weighted by Crippen LogP contribution is 2.40. The molecule has 10 aromatic rings. The van der Waals surface area contributed by atoms with Gasteiger partial charge in [-0.1, -0.05) is 91.0 Å². The van der Waals surface area contributed by atoms with E-state index in [2.05, 4.69) is 195 Å². The summed E-state index contributed by atoms with van der Waals surface area (Å²) in [5.41, 5.74) is 21.7. The summed E-state index contributed by atoms with van der Waals surface area (Å²) in [7, 11) is 0. The second-order valence-electron chi connectivity index (χ2n) is 14.7. The zero-order chi connectivity index (χ0) is 39.7. The fourth-order valence-corrected chi connectivity index (χ4v) is 8.32. The Labute approximate surface area is 343 Å². The first-order chi connectivity index (χ1) is 29.2. The average molecular weight is 760 g/mol. The number of aromatic nitrogens is 3. The van der Waals surface area contributed by atoms with Crippen LogP contribution in [0.2, 0.25) is 0 Å². The van der Waals surface area contributed by atoms with Gasteiger partial charge in [0.1, 0.15) is 0 Å². The molecule has 0 fully saturated rings. The summed E-state index contributed by atoms with van der Waals surface area (Å²) in [6.07, 6.45) is 11.5. The molecule has 2 N–H and O–H groups in total. The molecule has 0 unspecified atom stereocenters. The molecule has 0 spiro atoms. The van der Waals surface area contributed by atoms with E-state index in [1.54, 1.807) is 6.20 Å². The number of fused-ring (bicyclic) bond motifs is 4. The number of benzene rings is 7. The third-order valence-electron chi connectivity index (χ3n) is 11.2. The van der Waals surface area contributed by atoms with Crippen LogP contribution < -0.4 is 10.6 Å². The van der Waals surface area contributed by atoms with E-state index in [9.17, 15) is 0 Å². The van der Waals surface area contributed by atoms with Crippen molar-refractivity contribution in [1.29, 1.82) is 0 Å². The molecule has 5 nitrogen and oxygen atoms in total. The van der Waals surface area contributed by atoms with Gasteiger partial charge in [0, 0.05) is 69.4 Å². The molecule has 3 aromatic heterocycles. The Bertz CT molecular complexity index is 3120. The second-order valence-corrected chi connectivity index (χ2v) is 14.7. The summed E-state index contributed by atoms with van der Waals surface area (Å²) in [6.45, 7) is 2.00. The zero-order valence-corrected chi connectivity index (χ0v) is 32.7. The first-order valence-corrected chi connectivity index (χ1v) is 19.9. The van der Waals surface area contributed by atoms with Gasteiger partial charge in [0.2, 0.25) is 0 Å². The molecule has 0 radical (unpaired) electrons. The monoisotopic (exact) mass is 759 g/mol. The Morgan fingerprint density at radius 1 is 0.525 bits per heavy atom. The third kappa shape index (κ3) is 6.55. The molecular formula is C54H41N5. The SMILES string of the molecule is C/C=C\C(=C/N)c1ccc(N(c2ccc(-c3ccncc3)cc2)c2ccc(-c3ccc4c(c3)c3cc5c(ccn5-c5ccccc5)cc3n4-c3ccccc3)cc2)cc1. The van der Waals surface area contributed by atoms with Crippen LogP contribution in [-0.2, 0) is 0 Å². The minimum atomic E-state index is 0.982. The van der Waals surface area contributed by atoms with Crippen LogP contribution in [0, 0.1) is 0 Å². The number of hydrogen-bond acceptors (Lipinski definition) is 3. The van der Waals surface area contributed by atoms with Crippen LogP contribution in [0.25, 0.3) is 71.9 Å². The van der Waals surface area contributed by atoms with Crippen LogP contribution in [0.4, 0.5) is 17.1 Å². The number of rotatable bonds is 9. The van der Waals surface area contributed by atoms with Gasteiger partial charge in [-0.05, 0) is 143 Å². The topological polar surface area (TPSA) is 52.0 Å². The van der Waals surface area contributed by atoms with Gasteiger partial charge in [0.05, 0.1) is 16.6 Å². The van der Waals surface area contributed by atoms with Crippen molar-refractivity contribution >= 4 is 55.3 Å². The molecule has 5 heteroatoms. The molecule has 10 rings (SSSR count). The normalized spacial score (nSPS) is 11.9. The molecule has 0 bridgehead atoms. The maximum atomic E-state index is 6.00. The fraction of sp³-hybridized carbons (Fsp3) is 0.0185. The van der Waals surface area contributed by atoms with E-state index in [1.807, 2.05) is 43.6 Å². The largest absolute Gasteiger partial charge is 0.404 e. The molecule has 0 amide bonds. The van der Waals surface area contributed by atoms with Gasteiger partial charge in [-0.15, -0.1) is 0 Å². The Balaban J connectivity index is 1.07. The fourth-order valence-electron chi connectivity index (χ4n) is 8.32. The lowest BCUT2D eigenvalue weighted by Gasteiger charge is -2.26. The summed E-state index contributed by atoms with van der Waals surface area (Å²) in [5, 5.41) is 3.64. The van der Waals surface area contributed by atoms with Gasteiger partial charge in [0.25, 0.3) is 0 Å². The highest BCUT2D eigenvalue weighted by molar-refractivity contribution is 6.14. The second kappa shape index (κ2) is 15.2. The number of nitrogens with zero attached hydrogens (tertiary/aromatic N) is 4. The Morgan fingerprint density at radius 2 is 1.08 bits per heavy atom. The first kappa shape index (κ1) is 35.5. The van der Waals surface area contributed by atoms with E-state index in [0.29, 0.717) is 0 Å². The molecule has 0 saturated carbocycles. The molecule has 282 valence electrons. The van der Waals surface area contributed by atoms with Crippen molar-refractivity contribution < 1.29 is 0 Å². The van der Waals surface area contributed by atoms with E-state index in [1.165, 1.54) is 32.7 Å². The quantitative estimate of drug-likeness (QED) is 0.149. The highest BCUT2D eigenvalue weighted by atomic mass is 15.1. The van der Waals surface area contributed by atoms with E-state index in [4.69, 9.17) is 5.73 Å². The van der Waals surface area contributed by atoms with Gasteiger partial charge in [-0.3, -0.25) is 4.98 Å². The van der Waals surface area contributed by atoms with Crippen molar-refractivity contribution in [2.45, 2.75) is 6.92 Å². The van der Waals surface area contributed by atoms with E-state index in [0.717, 1.165) is 61.8 Å². The van der Waals surface area contributed by atoms with Crippen LogP contribution >= 0.6 is 0 Å². The van der Waals surface area contributed by atoms with Crippen molar-refractivity contribution in [2.24, 2.45) is 5.73 Å². The molecule has 0 atom stereocenters. The molecule has 0 aliphatic rings. The van der Waals surface area contributed by atoms with Gasteiger partial charge in [-0.2, -0.15) is 0 Å². The lowest BCUT2D eigenvalue weighted by molar-refractivity contribution is 1.13. The predicted molar refractivity (Wildman–Crippen MR) is 248 cm³/mol. The van der Waals surface area contributed by atoms with E-state index >= 15 is 0 Å². The van der Waals surface area contributed by atoms with E-state index in [-0.39, 0.29) is 0 Å². The van der Waals surface area contributed by atoms with Crippen LogP contribution in [-0.4, -0.2) is 14.1 Å². The molecular weight excluding hydrogens is 719 g/mol. The summed E-state index contributed by atoms with van der Waals surface area (Å²) in [6, 6.07) is 65.3. The smallest absolute Gasteiger partial charge is 0.0548 e. The molecule has 3 heterocycles. The number of pyridine rings is 1. The summed E-state index contributed by atoms with van der Waals surface area (Å²) in [4.78, 5) is 6.50. The maximum Gasteiger partial charge on any atom is 0.0548 e. The lowest BCUT2D eigenvalue weighted by atomic mass is 10.0. The van der Waals surface area contributed by atoms with Crippen LogP contribution in [0.1, 0.15) is 12.5 Å². The summed E-state index contributed by atoms with van der Waals surface area (Å²) < 4.78 is 4.68. The molecule has 0 aliphatic carbocycles. The predicted octanol–water partition coefficient (Wildman–Crippen LogP) is 13.8. The van der Waals surface area contributed by atoms with Crippen molar-refractivity contribution in [3.63, 3.8) is 0 Å². The molecule has 59 heavy (non-hydrogen) atoms. The van der Waals surface area contributed by atoms with Crippen molar-refractivity contribution in [1.82, 2.24) is 14.1 Å². The summed E-state index contributed by atoms with van der Waals surface area (Å²) >= 11 is 0. The number of nitrogens with two attached hydrogens (primary N) is 1. The van der Waals surface area contributed by atoms with Crippen LogP contribution in [0.3, 0.4) is 0 Å². The standard InChI is InChI=1S/C54H41N5/c1-2-9-44(37-55)40-18-25-49(26-19-40)58(47-21-14-38(15-22-47)41-28-31-56-32-29-41)48-23-16-39(17-24-48)42-20-27-52-50(34-42)51-36-53-43(30-33-57(53)45-10-5-3-6-11-45)35-54(51)59(52)46-12-7-4-8-13-46/h2-37H,55H2,1H3/b9-2-,44-37+. The number of anilines is 3.